The van der Waals surface area contributed by atoms with E-state index < -0.39 is 35.8 Å². The summed E-state index contributed by atoms with van der Waals surface area (Å²) in [6, 6.07) is -1.97. The molecule has 0 aromatic carbocycles. The Bertz CT molecular complexity index is 751. The number of carbonyl (C=O) groups is 4. The fourth-order valence-corrected chi connectivity index (χ4v) is 3.94. The second-order valence-electron chi connectivity index (χ2n) is 5.93. The Morgan fingerprint density at radius 1 is 0.900 bits per heavy atom. The van der Waals surface area contributed by atoms with Crippen molar-refractivity contribution in [2.45, 2.75) is 18.5 Å². The van der Waals surface area contributed by atoms with E-state index in [4.69, 9.17) is 9.47 Å². The van der Waals surface area contributed by atoms with Gasteiger partial charge >= 0.3 is 11.9 Å². The topological polar surface area (TPSA) is 129 Å². The van der Waals surface area contributed by atoms with Gasteiger partial charge in [0.15, 0.2) is 11.5 Å². The van der Waals surface area contributed by atoms with Crippen molar-refractivity contribution in [1.29, 1.82) is 0 Å². The molecule has 2 N–H and O–H groups in total. The highest BCUT2D eigenvalue weighted by Crippen LogP contribution is 2.43. The number of esters is 2. The average molecular weight is 479 g/mol. The van der Waals surface area contributed by atoms with Crippen LogP contribution in [0.25, 0.3) is 0 Å². The van der Waals surface area contributed by atoms with Gasteiger partial charge in [0.05, 0.1) is 27.4 Å². The number of fused-ring (bicyclic) bond motifs is 1. The molecule has 0 radical (unpaired) electrons. The van der Waals surface area contributed by atoms with E-state index in [1.54, 1.807) is 0 Å². The van der Waals surface area contributed by atoms with Crippen molar-refractivity contribution in [3.05, 3.63) is 9.75 Å². The Morgan fingerprint density at radius 2 is 1.30 bits per heavy atom. The van der Waals surface area contributed by atoms with Gasteiger partial charge < -0.3 is 29.6 Å². The van der Waals surface area contributed by atoms with Gasteiger partial charge in [0, 0.05) is 17.9 Å². The third kappa shape index (κ3) is 5.52. The van der Waals surface area contributed by atoms with E-state index in [1.807, 2.05) is 0 Å². The molecule has 13 heteroatoms. The molecular formula is C17H22N2O8S3. The zero-order valence-corrected chi connectivity index (χ0v) is 18.9. The lowest BCUT2D eigenvalue weighted by atomic mass is 10.2. The van der Waals surface area contributed by atoms with Gasteiger partial charge in [-0.2, -0.15) is 25.3 Å². The van der Waals surface area contributed by atoms with Gasteiger partial charge in [-0.3, -0.25) is 9.59 Å². The molecule has 0 saturated carbocycles. The first-order valence-electron chi connectivity index (χ1n) is 8.79. The Balaban J connectivity index is 2.35. The van der Waals surface area contributed by atoms with E-state index in [-0.39, 0.29) is 46.0 Å². The number of hydrogen-bond acceptors (Lipinski definition) is 11. The predicted molar refractivity (Wildman–Crippen MR) is 114 cm³/mol. The normalized spacial score (nSPS) is 14.7. The summed E-state index contributed by atoms with van der Waals surface area (Å²) >= 11 is 8.90. The van der Waals surface area contributed by atoms with Crippen LogP contribution in [0.2, 0.25) is 0 Å². The highest BCUT2D eigenvalue weighted by atomic mass is 32.1. The lowest BCUT2D eigenvalue weighted by Crippen LogP contribution is -2.43. The number of amides is 2. The molecule has 0 fully saturated rings. The van der Waals surface area contributed by atoms with Crippen LogP contribution in [0, 0.1) is 0 Å². The molecule has 30 heavy (non-hydrogen) atoms. The quantitative estimate of drug-likeness (QED) is 0.310. The fraction of sp³-hybridized carbons (Fsp3) is 0.529. The summed E-state index contributed by atoms with van der Waals surface area (Å²) in [4.78, 5) is 49.2. The number of carbonyl (C=O) groups excluding carboxylic acids is 4. The van der Waals surface area contributed by atoms with Crippen LogP contribution in [-0.4, -0.2) is 74.8 Å². The SMILES string of the molecule is COC(=O)C(CS)NC(=O)c1sc(C(=O)NC(CS)C(=O)OC)c2c1OCCCO2. The minimum atomic E-state index is -0.986. The van der Waals surface area contributed by atoms with Gasteiger partial charge in [-0.15, -0.1) is 11.3 Å². The van der Waals surface area contributed by atoms with E-state index in [0.29, 0.717) is 6.42 Å². The molecule has 2 rings (SSSR count). The van der Waals surface area contributed by atoms with Gasteiger partial charge in [-0.05, 0) is 0 Å². The molecule has 1 aliphatic heterocycles. The number of methoxy groups -OCH3 is 2. The van der Waals surface area contributed by atoms with Crippen molar-refractivity contribution in [2.75, 3.05) is 38.9 Å². The number of thiol groups is 2. The minimum absolute atomic E-state index is 0.0133. The molecule has 0 saturated heterocycles. The second kappa shape index (κ2) is 11.3. The third-order valence-corrected chi connectivity index (χ3v) is 5.84. The van der Waals surface area contributed by atoms with Gasteiger partial charge in [0.1, 0.15) is 21.8 Å². The lowest BCUT2D eigenvalue weighted by Gasteiger charge is -2.14. The zero-order valence-electron chi connectivity index (χ0n) is 16.3. The largest absolute Gasteiger partial charge is 0.488 e. The second-order valence-corrected chi connectivity index (χ2v) is 7.68. The molecule has 2 unspecified atom stereocenters. The van der Waals surface area contributed by atoms with E-state index in [2.05, 4.69) is 45.4 Å². The monoisotopic (exact) mass is 478 g/mol. The first-order valence-corrected chi connectivity index (χ1v) is 10.9. The molecule has 10 nitrogen and oxygen atoms in total. The first kappa shape index (κ1) is 24.2. The highest BCUT2D eigenvalue weighted by Gasteiger charge is 2.33. The van der Waals surface area contributed by atoms with E-state index in [0.717, 1.165) is 11.3 Å². The number of thiophene rings is 1. The summed E-state index contributed by atoms with van der Waals surface area (Å²) in [5.74, 6) is -2.39. The Morgan fingerprint density at radius 3 is 1.63 bits per heavy atom. The maximum Gasteiger partial charge on any atom is 0.329 e. The van der Waals surface area contributed by atoms with Crippen molar-refractivity contribution in [1.82, 2.24) is 10.6 Å². The Hall–Kier alpha value is -2.12. The van der Waals surface area contributed by atoms with Crippen LogP contribution in [0.5, 0.6) is 11.5 Å². The summed E-state index contributed by atoms with van der Waals surface area (Å²) in [7, 11) is 2.39. The number of nitrogens with one attached hydrogen (secondary N) is 2. The van der Waals surface area contributed by atoms with Crippen LogP contribution in [-0.2, 0) is 19.1 Å². The summed E-state index contributed by atoms with van der Waals surface area (Å²) in [6.45, 7) is 0.555. The van der Waals surface area contributed by atoms with Crippen LogP contribution >= 0.6 is 36.6 Å². The molecular weight excluding hydrogens is 456 g/mol. The molecule has 0 bridgehead atoms. The van der Waals surface area contributed by atoms with Gasteiger partial charge in [-0.1, -0.05) is 0 Å². The number of hydrogen-bond donors (Lipinski definition) is 4. The van der Waals surface area contributed by atoms with Crippen LogP contribution < -0.4 is 20.1 Å². The van der Waals surface area contributed by atoms with Gasteiger partial charge in [0.2, 0.25) is 0 Å². The lowest BCUT2D eigenvalue weighted by molar-refractivity contribution is -0.143. The van der Waals surface area contributed by atoms with Crippen LogP contribution in [0.1, 0.15) is 25.8 Å². The Kier molecular flexibility index (Phi) is 9.11. The summed E-state index contributed by atoms with van der Waals surface area (Å²) < 4.78 is 20.5. The molecule has 2 atom stereocenters. The number of ether oxygens (including phenoxy) is 4. The molecule has 2 amide bonds. The molecule has 0 spiro atoms. The maximum absolute atomic E-state index is 12.8. The third-order valence-electron chi connectivity index (χ3n) is 3.96. The minimum Gasteiger partial charge on any atom is -0.488 e. The van der Waals surface area contributed by atoms with Gasteiger partial charge in [-0.25, -0.2) is 9.59 Å². The van der Waals surface area contributed by atoms with Crippen molar-refractivity contribution < 1.29 is 38.1 Å². The smallest absolute Gasteiger partial charge is 0.329 e. The molecule has 1 aromatic rings. The van der Waals surface area contributed by atoms with E-state index in [1.165, 1.54) is 14.2 Å². The summed E-state index contributed by atoms with van der Waals surface area (Å²) in [5.41, 5.74) is 0. The van der Waals surface area contributed by atoms with Crippen molar-refractivity contribution in [2.24, 2.45) is 0 Å². The van der Waals surface area contributed by atoms with Crippen molar-refractivity contribution >= 4 is 60.3 Å². The van der Waals surface area contributed by atoms with Crippen LogP contribution in [0.15, 0.2) is 0 Å². The molecule has 2 heterocycles. The summed E-state index contributed by atoms with van der Waals surface area (Å²) in [6.07, 6.45) is 0.546. The molecule has 0 aliphatic carbocycles. The zero-order chi connectivity index (χ0) is 22.3. The van der Waals surface area contributed by atoms with E-state index in [9.17, 15) is 19.2 Å². The average Bonchev–Trinajstić information content (AvgIpc) is 2.95. The van der Waals surface area contributed by atoms with Crippen molar-refractivity contribution in [3.8, 4) is 11.5 Å². The first-order chi connectivity index (χ1) is 14.4. The highest BCUT2D eigenvalue weighted by molar-refractivity contribution is 7.80. The van der Waals surface area contributed by atoms with Crippen molar-refractivity contribution in [3.63, 3.8) is 0 Å². The molecule has 1 aromatic heterocycles. The van der Waals surface area contributed by atoms with Crippen LogP contribution in [0.3, 0.4) is 0 Å². The van der Waals surface area contributed by atoms with Crippen LogP contribution in [0.4, 0.5) is 0 Å². The standard InChI is InChI=1S/C17H22N2O8S3/c1-24-16(22)8(6-28)18-14(20)12-10-11(27-5-3-4-26-10)13(30-12)15(21)19-9(7-29)17(23)25-2/h8-9,28-29H,3-7H2,1-2H3,(H,18,20)(H,19,21). The maximum atomic E-state index is 12.8. The summed E-state index contributed by atoms with van der Waals surface area (Å²) in [5, 5.41) is 5.01. The van der Waals surface area contributed by atoms with E-state index >= 15 is 0 Å². The Labute approximate surface area is 187 Å². The predicted octanol–water partition coefficient (Wildman–Crippen LogP) is 0.312. The van der Waals surface area contributed by atoms with Gasteiger partial charge in [0.25, 0.3) is 11.8 Å². The number of rotatable bonds is 8. The molecule has 1 aliphatic rings. The fourth-order valence-electron chi connectivity index (χ4n) is 2.46. The molecule has 166 valence electrons.